The van der Waals surface area contributed by atoms with Gasteiger partial charge in [-0.2, -0.15) is 0 Å². The molecule has 2 amide bonds. The van der Waals surface area contributed by atoms with E-state index in [1.165, 1.54) is 0 Å². The quantitative estimate of drug-likeness (QED) is 0.846. The first-order valence-corrected chi connectivity index (χ1v) is 10.9. The second kappa shape index (κ2) is 8.26. The summed E-state index contributed by atoms with van der Waals surface area (Å²) in [6.07, 6.45) is 4.96. The van der Waals surface area contributed by atoms with Gasteiger partial charge in [0.15, 0.2) is 0 Å². The smallest absolute Gasteiger partial charge is 0.257 e. The minimum Gasteiger partial charge on any atom is -0.507 e. The van der Waals surface area contributed by atoms with Crippen LogP contribution in [0.3, 0.4) is 0 Å². The number of nitrogens with zero attached hydrogens (tertiary/aromatic N) is 3. The molecule has 2 fully saturated rings. The van der Waals surface area contributed by atoms with Crippen LogP contribution in [0.1, 0.15) is 42.5 Å². The Kier molecular flexibility index (Phi) is 5.69. The molecular weight excluding hydrogens is 378 g/mol. The molecule has 2 heterocycles. The number of carbonyl (C=O) groups is 2. The molecule has 2 aliphatic rings. The van der Waals surface area contributed by atoms with Gasteiger partial charge in [-0.1, -0.05) is 24.3 Å². The first-order valence-electron chi connectivity index (χ1n) is 10.9. The number of rotatable bonds is 3. The first-order chi connectivity index (χ1) is 14.4. The van der Waals surface area contributed by atoms with Gasteiger partial charge in [0.1, 0.15) is 5.75 Å². The number of phenols is 1. The Hall–Kier alpha value is -2.60. The van der Waals surface area contributed by atoms with Crippen LogP contribution in [-0.4, -0.2) is 77.4 Å². The number of hydrogen-bond acceptors (Lipinski definition) is 4. The van der Waals surface area contributed by atoms with Gasteiger partial charge < -0.3 is 14.9 Å². The summed E-state index contributed by atoms with van der Waals surface area (Å²) in [5, 5.41) is 12.4. The summed E-state index contributed by atoms with van der Waals surface area (Å²) < 4.78 is 0. The van der Waals surface area contributed by atoms with Gasteiger partial charge >= 0.3 is 0 Å². The zero-order valence-corrected chi connectivity index (χ0v) is 17.9. The molecule has 1 atom stereocenters. The van der Waals surface area contributed by atoms with E-state index in [-0.39, 0.29) is 23.1 Å². The summed E-state index contributed by atoms with van der Waals surface area (Å²) in [5.74, 6) is 0.0653. The van der Waals surface area contributed by atoms with Crippen LogP contribution in [0.15, 0.2) is 36.4 Å². The molecule has 0 saturated carbocycles. The van der Waals surface area contributed by atoms with Crippen molar-refractivity contribution in [2.45, 2.75) is 37.6 Å². The second-order valence-corrected chi connectivity index (χ2v) is 8.90. The highest BCUT2D eigenvalue weighted by Crippen LogP contribution is 2.39. The fourth-order valence-electron chi connectivity index (χ4n) is 5.06. The number of fused-ring (bicyclic) bond motifs is 1. The molecule has 6 nitrogen and oxygen atoms in total. The monoisotopic (exact) mass is 409 g/mol. The van der Waals surface area contributed by atoms with E-state index < -0.39 is 0 Å². The number of likely N-dealkylation sites (N-methyl/N-ethyl adjacent to an activating group) is 1. The summed E-state index contributed by atoms with van der Waals surface area (Å²) in [6.45, 7) is 2.73. The first kappa shape index (κ1) is 20.7. The third-order valence-corrected chi connectivity index (χ3v) is 6.86. The lowest BCUT2D eigenvalue weighted by atomic mass is 9.87. The largest absolute Gasteiger partial charge is 0.507 e. The Balaban J connectivity index is 1.51. The molecule has 6 heteroatoms. The molecule has 0 bridgehead atoms. The summed E-state index contributed by atoms with van der Waals surface area (Å²) >= 11 is 0. The standard InChI is InChI=1S/C24H31N3O3/c1-25(2)22(29)17-27-13-6-10-24(27)9-5-12-26(14-11-24)23(30)20-15-18-7-3-4-8-19(18)16-21(20)28/h3-4,7-8,15-16,28H,5-6,9-14,17H2,1-2H3. The van der Waals surface area contributed by atoms with Crippen LogP contribution in [0.4, 0.5) is 0 Å². The van der Waals surface area contributed by atoms with Gasteiger partial charge in [0, 0.05) is 32.7 Å². The number of hydrogen-bond donors (Lipinski definition) is 1. The maximum atomic E-state index is 13.3. The lowest BCUT2D eigenvalue weighted by Gasteiger charge is -2.38. The SMILES string of the molecule is CN(C)C(=O)CN1CCCC12CCCN(C(=O)c1cc3ccccc3cc1O)CC2. The molecule has 2 saturated heterocycles. The lowest BCUT2D eigenvalue weighted by molar-refractivity contribution is -0.131. The fourth-order valence-corrected chi connectivity index (χ4v) is 5.06. The topological polar surface area (TPSA) is 64.1 Å². The summed E-state index contributed by atoms with van der Waals surface area (Å²) in [5.41, 5.74) is 0.377. The van der Waals surface area contributed by atoms with Gasteiger partial charge in [-0.05, 0) is 61.6 Å². The van der Waals surface area contributed by atoms with Gasteiger partial charge in [-0.15, -0.1) is 0 Å². The van der Waals surface area contributed by atoms with Crippen molar-refractivity contribution in [3.63, 3.8) is 0 Å². The highest BCUT2D eigenvalue weighted by atomic mass is 16.3. The molecule has 1 N–H and O–H groups in total. The van der Waals surface area contributed by atoms with Crippen molar-refractivity contribution < 1.29 is 14.7 Å². The van der Waals surface area contributed by atoms with E-state index in [1.807, 2.05) is 29.2 Å². The maximum absolute atomic E-state index is 13.3. The average Bonchev–Trinajstić information content (AvgIpc) is 2.97. The third kappa shape index (κ3) is 3.88. The number of aromatic hydroxyl groups is 1. The molecular formula is C24H31N3O3. The van der Waals surface area contributed by atoms with Crippen LogP contribution in [0.5, 0.6) is 5.75 Å². The van der Waals surface area contributed by atoms with Crippen LogP contribution < -0.4 is 0 Å². The zero-order valence-electron chi connectivity index (χ0n) is 17.9. The molecule has 0 radical (unpaired) electrons. The molecule has 4 rings (SSSR count). The number of carbonyl (C=O) groups excluding carboxylic acids is 2. The van der Waals surface area contributed by atoms with E-state index in [4.69, 9.17) is 0 Å². The normalized spacial score (nSPS) is 22.4. The van der Waals surface area contributed by atoms with Crippen molar-refractivity contribution in [2.75, 3.05) is 40.3 Å². The third-order valence-electron chi connectivity index (χ3n) is 6.86. The van der Waals surface area contributed by atoms with Gasteiger partial charge in [-0.3, -0.25) is 14.5 Å². The molecule has 1 unspecified atom stereocenters. The summed E-state index contributed by atoms with van der Waals surface area (Å²) in [7, 11) is 3.60. The van der Waals surface area contributed by atoms with E-state index >= 15 is 0 Å². The van der Waals surface area contributed by atoms with Crippen molar-refractivity contribution in [3.05, 3.63) is 42.0 Å². The number of phenolic OH excluding ortho intramolecular Hbond substituents is 1. The van der Waals surface area contributed by atoms with E-state index in [9.17, 15) is 14.7 Å². The Morgan fingerprint density at radius 1 is 1.00 bits per heavy atom. The van der Waals surface area contributed by atoms with Crippen molar-refractivity contribution in [3.8, 4) is 5.75 Å². The summed E-state index contributed by atoms with van der Waals surface area (Å²) in [6, 6.07) is 11.2. The number of amides is 2. The second-order valence-electron chi connectivity index (χ2n) is 8.90. The molecule has 0 aromatic heterocycles. The molecule has 160 valence electrons. The van der Waals surface area contributed by atoms with E-state index in [2.05, 4.69) is 4.90 Å². The van der Waals surface area contributed by atoms with E-state index in [0.29, 0.717) is 25.2 Å². The van der Waals surface area contributed by atoms with Crippen LogP contribution in [0.25, 0.3) is 10.8 Å². The zero-order chi connectivity index (χ0) is 21.3. The lowest BCUT2D eigenvalue weighted by Crippen LogP contribution is -2.48. The highest BCUT2D eigenvalue weighted by molar-refractivity contribution is 6.01. The average molecular weight is 410 g/mol. The fraction of sp³-hybridized carbons (Fsp3) is 0.500. The Bertz CT molecular complexity index is 958. The van der Waals surface area contributed by atoms with Gasteiger partial charge in [0.2, 0.25) is 5.91 Å². The number of likely N-dealkylation sites (tertiary alicyclic amines) is 2. The minimum atomic E-state index is -0.107. The molecule has 1 spiro atoms. The highest BCUT2D eigenvalue weighted by Gasteiger charge is 2.43. The maximum Gasteiger partial charge on any atom is 0.257 e. The van der Waals surface area contributed by atoms with Crippen molar-refractivity contribution in [1.82, 2.24) is 14.7 Å². The predicted molar refractivity (Wildman–Crippen MR) is 118 cm³/mol. The van der Waals surface area contributed by atoms with Crippen LogP contribution in [0, 0.1) is 0 Å². The Labute approximate surface area is 178 Å². The molecule has 2 aliphatic heterocycles. The van der Waals surface area contributed by atoms with E-state index in [0.717, 1.165) is 49.4 Å². The van der Waals surface area contributed by atoms with E-state index in [1.54, 1.807) is 31.1 Å². The van der Waals surface area contributed by atoms with Crippen molar-refractivity contribution >= 4 is 22.6 Å². The molecule has 0 aliphatic carbocycles. The van der Waals surface area contributed by atoms with Gasteiger partial charge in [-0.25, -0.2) is 0 Å². The van der Waals surface area contributed by atoms with Crippen LogP contribution in [-0.2, 0) is 4.79 Å². The van der Waals surface area contributed by atoms with Gasteiger partial charge in [0.05, 0.1) is 12.1 Å². The number of benzene rings is 2. The van der Waals surface area contributed by atoms with Gasteiger partial charge in [0.25, 0.3) is 5.91 Å². The predicted octanol–water partition coefficient (Wildman–Crippen LogP) is 3.09. The van der Waals surface area contributed by atoms with Crippen LogP contribution >= 0.6 is 0 Å². The molecule has 2 aromatic rings. The van der Waals surface area contributed by atoms with Crippen molar-refractivity contribution in [2.24, 2.45) is 0 Å². The Morgan fingerprint density at radius 2 is 1.67 bits per heavy atom. The van der Waals surface area contributed by atoms with Crippen molar-refractivity contribution in [1.29, 1.82) is 0 Å². The molecule has 2 aromatic carbocycles. The molecule has 30 heavy (non-hydrogen) atoms. The summed E-state index contributed by atoms with van der Waals surface area (Å²) in [4.78, 5) is 31.4. The Morgan fingerprint density at radius 3 is 2.37 bits per heavy atom. The minimum absolute atomic E-state index is 0.00608. The van der Waals surface area contributed by atoms with Crippen LogP contribution in [0.2, 0.25) is 0 Å².